The van der Waals surface area contributed by atoms with Gasteiger partial charge in [-0.2, -0.15) is 12.6 Å². The van der Waals surface area contributed by atoms with Crippen molar-refractivity contribution in [2.75, 3.05) is 51.6 Å². The molecule has 0 spiro atoms. The minimum absolute atomic E-state index is 0.133. The zero-order valence-corrected chi connectivity index (χ0v) is 19.4. The Balaban J connectivity index is 4.21. The van der Waals surface area contributed by atoms with Crippen molar-refractivity contribution in [2.45, 2.75) is 6.04 Å². The summed E-state index contributed by atoms with van der Waals surface area (Å²) in [6.07, 6.45) is 0. The van der Waals surface area contributed by atoms with Gasteiger partial charge >= 0.3 is 5.97 Å². The highest BCUT2D eigenvalue weighted by Gasteiger charge is 2.20. The van der Waals surface area contributed by atoms with Crippen LogP contribution in [0, 0.1) is 0 Å². The fraction of sp³-hybridized carbons (Fsp3) is 0.529. The van der Waals surface area contributed by atoms with Crippen LogP contribution in [0.25, 0.3) is 0 Å². The summed E-state index contributed by atoms with van der Waals surface area (Å²) in [5.41, 5.74) is 5.07. The van der Waals surface area contributed by atoms with Crippen molar-refractivity contribution in [1.82, 2.24) is 37.2 Å². The Morgan fingerprint density at radius 3 is 1.37 bits per heavy atom. The van der Waals surface area contributed by atoms with Gasteiger partial charge in [0, 0.05) is 5.75 Å². The predicted octanol–water partition coefficient (Wildman–Crippen LogP) is -6.86. The Morgan fingerprint density at radius 2 is 0.971 bits per heavy atom. The van der Waals surface area contributed by atoms with Crippen molar-refractivity contribution in [3.8, 4) is 0 Å². The highest BCUT2D eigenvalue weighted by atomic mass is 32.1. The van der Waals surface area contributed by atoms with Crippen LogP contribution in [0.5, 0.6) is 0 Å². The molecule has 0 saturated carbocycles. The molecule has 0 bridgehead atoms. The second-order valence-electron chi connectivity index (χ2n) is 6.50. The monoisotopic (exact) mass is 520 g/mol. The number of hydrogen-bond acceptors (Lipinski definition) is 10. The molecular weight excluding hydrogens is 492 g/mol. The molecule has 17 nitrogen and oxygen atoms in total. The second kappa shape index (κ2) is 17.5. The molecule has 0 saturated heterocycles. The summed E-state index contributed by atoms with van der Waals surface area (Å²) in [5.74, 6) is -6.31. The van der Waals surface area contributed by atoms with E-state index in [1.165, 1.54) is 0 Å². The molecule has 7 amide bonds. The maximum Gasteiger partial charge on any atom is 0.322 e. The Hall–Kier alpha value is -3.93. The van der Waals surface area contributed by atoms with Gasteiger partial charge in [-0.15, -0.1) is 0 Å². The highest BCUT2D eigenvalue weighted by Crippen LogP contribution is 1.89. The molecule has 0 fully saturated rings. The lowest BCUT2D eigenvalue weighted by molar-refractivity contribution is -0.137. The minimum Gasteiger partial charge on any atom is -0.480 e. The first-order valence-corrected chi connectivity index (χ1v) is 10.5. The van der Waals surface area contributed by atoms with E-state index in [9.17, 15) is 38.4 Å². The normalized spacial score (nSPS) is 10.7. The Bertz CT molecular complexity index is 823. The van der Waals surface area contributed by atoms with Gasteiger partial charge in [-0.25, -0.2) is 0 Å². The summed E-state index contributed by atoms with van der Waals surface area (Å²) in [5, 5.41) is 23.7. The average Bonchev–Trinajstić information content (AvgIpc) is 2.83. The molecule has 10 N–H and O–H groups in total. The lowest BCUT2D eigenvalue weighted by Gasteiger charge is -2.16. The quantitative estimate of drug-likeness (QED) is 0.0859. The summed E-state index contributed by atoms with van der Waals surface area (Å²) in [6.45, 7) is -3.33. The topological polar surface area (TPSA) is 267 Å². The van der Waals surface area contributed by atoms with E-state index in [4.69, 9.17) is 10.8 Å². The third kappa shape index (κ3) is 16.3. The lowest BCUT2D eigenvalue weighted by Crippen LogP contribution is -2.52. The van der Waals surface area contributed by atoms with Crippen molar-refractivity contribution in [3.63, 3.8) is 0 Å². The maximum atomic E-state index is 12.1. The standard InChI is InChI=1S/C17H28N8O9S/c18-1-10(26)19-2-11(27)22-6-15(31)25-9(8-35)17(34)24-5-14(30)21-3-12(28)20-4-13(29)23-7-16(32)33/h9,35H,1-8,18H2,(H,19,26)(H,20,28)(H,21,30)(H,22,27)(H,23,29)(H,24,34)(H,25,31)(H,32,33)/t9-/m0/s1. The Morgan fingerprint density at radius 1 is 0.600 bits per heavy atom. The van der Waals surface area contributed by atoms with Crippen LogP contribution in [-0.4, -0.2) is 110 Å². The van der Waals surface area contributed by atoms with Crippen molar-refractivity contribution < 1.29 is 43.5 Å². The van der Waals surface area contributed by atoms with Gasteiger partial charge < -0.3 is 48.1 Å². The Kier molecular flexibility index (Phi) is 15.6. The van der Waals surface area contributed by atoms with Crippen LogP contribution in [0.2, 0.25) is 0 Å². The first-order chi connectivity index (χ1) is 16.5. The SMILES string of the molecule is NCC(=O)NCC(=O)NCC(=O)N[C@@H](CS)C(=O)NCC(=O)NCC(=O)NCC(=O)NCC(=O)O. The fourth-order valence-corrected chi connectivity index (χ4v) is 2.20. The van der Waals surface area contributed by atoms with E-state index in [0.717, 1.165) is 0 Å². The van der Waals surface area contributed by atoms with Crippen LogP contribution >= 0.6 is 12.6 Å². The molecule has 0 aromatic heterocycles. The summed E-state index contributed by atoms with van der Waals surface area (Å²) in [7, 11) is 0. The van der Waals surface area contributed by atoms with Crippen molar-refractivity contribution in [3.05, 3.63) is 0 Å². The van der Waals surface area contributed by atoms with Gasteiger partial charge in [-0.3, -0.25) is 38.4 Å². The van der Waals surface area contributed by atoms with Gasteiger partial charge in [-0.1, -0.05) is 0 Å². The molecule has 0 aromatic rings. The van der Waals surface area contributed by atoms with Crippen molar-refractivity contribution in [1.29, 1.82) is 0 Å². The summed E-state index contributed by atoms with van der Waals surface area (Å²) in [6, 6.07) is -1.14. The largest absolute Gasteiger partial charge is 0.480 e. The number of thiol groups is 1. The molecule has 0 aliphatic carbocycles. The van der Waals surface area contributed by atoms with Crippen molar-refractivity contribution in [2.24, 2.45) is 5.73 Å². The van der Waals surface area contributed by atoms with E-state index in [2.05, 4.69) is 44.5 Å². The molecule has 0 aromatic carbocycles. The number of amides is 7. The molecule has 0 aliphatic rings. The smallest absolute Gasteiger partial charge is 0.322 e. The fourth-order valence-electron chi connectivity index (χ4n) is 1.94. The number of carbonyl (C=O) groups is 8. The van der Waals surface area contributed by atoms with E-state index in [0.29, 0.717) is 0 Å². The molecule has 196 valence electrons. The molecule has 1 atom stereocenters. The molecule has 0 heterocycles. The van der Waals surface area contributed by atoms with Gasteiger partial charge in [0.15, 0.2) is 0 Å². The number of carboxylic acids is 1. The van der Waals surface area contributed by atoms with Crippen LogP contribution in [0.3, 0.4) is 0 Å². The van der Waals surface area contributed by atoms with Crippen LogP contribution < -0.4 is 43.0 Å². The zero-order valence-electron chi connectivity index (χ0n) is 18.5. The molecule has 0 unspecified atom stereocenters. The zero-order chi connectivity index (χ0) is 26.8. The maximum absolute atomic E-state index is 12.1. The number of aliphatic carboxylic acids is 1. The third-order valence-electron chi connectivity index (χ3n) is 3.66. The van der Waals surface area contributed by atoms with Gasteiger partial charge in [0.05, 0.1) is 39.3 Å². The summed E-state index contributed by atoms with van der Waals surface area (Å²) >= 11 is 3.94. The number of rotatable bonds is 16. The Labute approximate surface area is 204 Å². The van der Waals surface area contributed by atoms with Crippen LogP contribution in [0.15, 0.2) is 0 Å². The van der Waals surface area contributed by atoms with Crippen LogP contribution in [-0.2, 0) is 38.4 Å². The first-order valence-electron chi connectivity index (χ1n) is 9.91. The third-order valence-corrected chi connectivity index (χ3v) is 4.03. The molecule has 35 heavy (non-hydrogen) atoms. The molecule has 0 aliphatic heterocycles. The first kappa shape index (κ1) is 31.1. The van der Waals surface area contributed by atoms with Crippen molar-refractivity contribution >= 4 is 59.9 Å². The predicted molar refractivity (Wildman–Crippen MR) is 121 cm³/mol. The molecule has 0 radical (unpaired) electrons. The number of carbonyl (C=O) groups excluding carboxylic acids is 7. The highest BCUT2D eigenvalue weighted by molar-refractivity contribution is 7.80. The number of nitrogens with one attached hydrogen (secondary N) is 7. The average molecular weight is 521 g/mol. The van der Waals surface area contributed by atoms with Gasteiger partial charge in [0.1, 0.15) is 12.6 Å². The van der Waals surface area contributed by atoms with E-state index in [1.54, 1.807) is 0 Å². The molecular formula is C17H28N8O9S. The number of carboxylic acid groups (broad SMARTS) is 1. The number of nitrogens with two attached hydrogens (primary N) is 1. The van der Waals surface area contributed by atoms with Crippen LogP contribution in [0.1, 0.15) is 0 Å². The van der Waals surface area contributed by atoms with Gasteiger partial charge in [0.2, 0.25) is 41.4 Å². The molecule has 18 heteroatoms. The molecule has 0 rings (SSSR count). The lowest BCUT2D eigenvalue weighted by atomic mass is 10.3. The second-order valence-corrected chi connectivity index (χ2v) is 6.87. The van der Waals surface area contributed by atoms with E-state index < -0.39 is 86.1 Å². The number of hydrogen-bond donors (Lipinski definition) is 10. The van der Waals surface area contributed by atoms with Gasteiger partial charge in [-0.05, 0) is 0 Å². The summed E-state index contributed by atoms with van der Waals surface area (Å²) < 4.78 is 0. The van der Waals surface area contributed by atoms with Gasteiger partial charge in [0.25, 0.3) is 0 Å². The summed E-state index contributed by atoms with van der Waals surface area (Å²) in [4.78, 5) is 91.4. The van der Waals surface area contributed by atoms with E-state index in [1.807, 2.05) is 5.32 Å². The van der Waals surface area contributed by atoms with E-state index in [-0.39, 0.29) is 18.8 Å². The van der Waals surface area contributed by atoms with Crippen LogP contribution in [0.4, 0.5) is 0 Å². The van der Waals surface area contributed by atoms with E-state index >= 15 is 0 Å². The minimum atomic E-state index is -1.25.